The molecule has 1 aromatic carbocycles. The summed E-state index contributed by atoms with van der Waals surface area (Å²) in [6.07, 6.45) is 6.51. The average molecular weight is 225 g/mol. The second-order valence-electron chi connectivity index (χ2n) is 4.53. The lowest BCUT2D eigenvalue weighted by Gasteiger charge is -2.18. The molecule has 3 rings (SSSR count). The van der Waals surface area contributed by atoms with E-state index in [2.05, 4.69) is 17.1 Å². The molecule has 0 radical (unpaired) electrons. The van der Waals surface area contributed by atoms with E-state index in [1.54, 1.807) is 0 Å². The summed E-state index contributed by atoms with van der Waals surface area (Å²) < 4.78 is 0. The summed E-state index contributed by atoms with van der Waals surface area (Å²) in [7, 11) is 0. The van der Waals surface area contributed by atoms with Crippen molar-refractivity contribution in [3.63, 3.8) is 0 Å². The second-order valence-corrected chi connectivity index (χ2v) is 4.53. The van der Waals surface area contributed by atoms with Gasteiger partial charge in [0.1, 0.15) is 0 Å². The van der Waals surface area contributed by atoms with Gasteiger partial charge in [0, 0.05) is 11.6 Å². The van der Waals surface area contributed by atoms with Gasteiger partial charge >= 0.3 is 0 Å². The van der Waals surface area contributed by atoms with Crippen molar-refractivity contribution in [2.24, 2.45) is 0 Å². The fourth-order valence-electron chi connectivity index (χ4n) is 2.51. The summed E-state index contributed by atoms with van der Waals surface area (Å²) in [5.41, 5.74) is 3.49. The van der Waals surface area contributed by atoms with Crippen molar-refractivity contribution < 1.29 is 5.11 Å². The fourth-order valence-corrected chi connectivity index (χ4v) is 2.51. The summed E-state index contributed by atoms with van der Waals surface area (Å²) in [4.78, 5) is 4.37. The highest BCUT2D eigenvalue weighted by atomic mass is 16.3. The topological polar surface area (TPSA) is 33.1 Å². The third kappa shape index (κ3) is 1.96. The highest BCUT2D eigenvalue weighted by Crippen LogP contribution is 2.31. The fraction of sp³-hybridized carbons (Fsp3) is 0.267. The zero-order valence-corrected chi connectivity index (χ0v) is 9.63. The molecule has 0 fully saturated rings. The molecule has 2 aromatic rings. The van der Waals surface area contributed by atoms with E-state index in [1.165, 1.54) is 16.5 Å². The van der Waals surface area contributed by atoms with Gasteiger partial charge in [0.25, 0.3) is 0 Å². The molecule has 1 aromatic heterocycles. The van der Waals surface area contributed by atoms with Crippen LogP contribution in [0.5, 0.6) is 0 Å². The maximum atomic E-state index is 9.72. The van der Waals surface area contributed by atoms with Crippen molar-refractivity contribution in [3.05, 3.63) is 48.2 Å². The number of pyridine rings is 1. The van der Waals surface area contributed by atoms with Gasteiger partial charge in [0.05, 0.1) is 11.6 Å². The van der Waals surface area contributed by atoms with Gasteiger partial charge in [0.15, 0.2) is 0 Å². The minimum Gasteiger partial charge on any atom is -0.389 e. The molecule has 1 aliphatic carbocycles. The highest BCUT2D eigenvalue weighted by Gasteiger charge is 2.14. The number of aromatic nitrogens is 1. The normalized spacial score (nSPS) is 20.3. The van der Waals surface area contributed by atoms with E-state index >= 15 is 0 Å². The number of fused-ring (bicyclic) bond motifs is 1. The lowest BCUT2D eigenvalue weighted by atomic mass is 9.90. The molecule has 1 N–H and O–H groups in total. The molecular formula is C15H15NO. The van der Waals surface area contributed by atoms with E-state index in [9.17, 15) is 5.11 Å². The number of hydrogen-bond donors (Lipinski definition) is 1. The molecule has 1 atom stereocenters. The predicted octanol–water partition coefficient (Wildman–Crippen LogP) is 3.16. The van der Waals surface area contributed by atoms with E-state index < -0.39 is 0 Å². The van der Waals surface area contributed by atoms with Crippen molar-refractivity contribution in [1.82, 2.24) is 4.98 Å². The maximum Gasteiger partial charge on any atom is 0.0726 e. The van der Waals surface area contributed by atoms with Crippen molar-refractivity contribution in [2.75, 3.05) is 0 Å². The molecule has 2 nitrogen and oxygen atoms in total. The molecule has 0 amide bonds. The zero-order chi connectivity index (χ0) is 11.7. The minimum absolute atomic E-state index is 0.286. The van der Waals surface area contributed by atoms with Crippen LogP contribution in [0.4, 0.5) is 0 Å². The van der Waals surface area contributed by atoms with Crippen molar-refractivity contribution >= 4 is 16.5 Å². The Morgan fingerprint density at radius 1 is 1.18 bits per heavy atom. The third-order valence-corrected chi connectivity index (χ3v) is 3.33. The van der Waals surface area contributed by atoms with Gasteiger partial charge in [-0.2, -0.15) is 0 Å². The SMILES string of the molecule is OC1C=C(c2cccc3ncccc23)CCC1. The van der Waals surface area contributed by atoms with Crippen LogP contribution < -0.4 is 0 Å². The second kappa shape index (κ2) is 4.30. The number of benzene rings is 1. The van der Waals surface area contributed by atoms with E-state index in [0.717, 1.165) is 24.8 Å². The Hall–Kier alpha value is -1.67. The number of hydrogen-bond acceptors (Lipinski definition) is 2. The van der Waals surface area contributed by atoms with Crippen molar-refractivity contribution in [2.45, 2.75) is 25.4 Å². The van der Waals surface area contributed by atoms with Crippen LogP contribution in [0.2, 0.25) is 0 Å². The number of aliphatic hydroxyl groups is 1. The number of rotatable bonds is 1. The lowest BCUT2D eigenvalue weighted by molar-refractivity contribution is 0.206. The van der Waals surface area contributed by atoms with Crippen LogP contribution in [-0.4, -0.2) is 16.2 Å². The molecule has 86 valence electrons. The Morgan fingerprint density at radius 2 is 2.12 bits per heavy atom. The monoisotopic (exact) mass is 225 g/mol. The highest BCUT2D eigenvalue weighted by molar-refractivity contribution is 5.91. The van der Waals surface area contributed by atoms with Crippen LogP contribution in [0.1, 0.15) is 24.8 Å². The van der Waals surface area contributed by atoms with Crippen LogP contribution in [-0.2, 0) is 0 Å². The smallest absolute Gasteiger partial charge is 0.0726 e. The molecule has 0 bridgehead atoms. The summed E-state index contributed by atoms with van der Waals surface area (Å²) in [5, 5.41) is 10.9. The van der Waals surface area contributed by atoms with Gasteiger partial charge in [-0.15, -0.1) is 0 Å². The molecule has 0 spiro atoms. The summed E-state index contributed by atoms with van der Waals surface area (Å²) in [6, 6.07) is 10.2. The molecule has 0 saturated carbocycles. The largest absolute Gasteiger partial charge is 0.389 e. The first-order valence-corrected chi connectivity index (χ1v) is 6.07. The van der Waals surface area contributed by atoms with E-state index in [4.69, 9.17) is 0 Å². The quantitative estimate of drug-likeness (QED) is 0.808. The lowest BCUT2D eigenvalue weighted by Crippen LogP contribution is -2.08. The first kappa shape index (κ1) is 10.5. The van der Waals surface area contributed by atoms with E-state index in [1.807, 2.05) is 30.5 Å². The van der Waals surface area contributed by atoms with Gasteiger partial charge < -0.3 is 5.11 Å². The third-order valence-electron chi connectivity index (χ3n) is 3.33. The van der Waals surface area contributed by atoms with Crippen LogP contribution >= 0.6 is 0 Å². The first-order chi connectivity index (χ1) is 8.34. The summed E-state index contributed by atoms with van der Waals surface area (Å²) in [6.45, 7) is 0. The number of allylic oxidation sites excluding steroid dienone is 1. The van der Waals surface area contributed by atoms with Gasteiger partial charge in [-0.05, 0) is 42.5 Å². The molecular weight excluding hydrogens is 210 g/mol. The maximum absolute atomic E-state index is 9.72. The Balaban J connectivity index is 2.17. The molecule has 0 saturated heterocycles. The minimum atomic E-state index is -0.286. The average Bonchev–Trinajstić information content (AvgIpc) is 2.38. The Labute approximate surface area is 101 Å². The summed E-state index contributed by atoms with van der Waals surface area (Å²) >= 11 is 0. The summed E-state index contributed by atoms with van der Waals surface area (Å²) in [5.74, 6) is 0. The van der Waals surface area contributed by atoms with Crippen molar-refractivity contribution in [1.29, 1.82) is 0 Å². The Bertz CT molecular complexity index is 569. The molecule has 1 aliphatic rings. The standard InChI is InChI=1S/C15H15NO/c17-12-5-1-4-11(10-12)13-6-2-8-15-14(13)7-3-9-16-15/h2-3,6-10,12,17H,1,4-5H2. The van der Waals surface area contributed by atoms with Crippen LogP contribution in [0.25, 0.3) is 16.5 Å². The molecule has 17 heavy (non-hydrogen) atoms. The van der Waals surface area contributed by atoms with Crippen LogP contribution in [0.3, 0.4) is 0 Å². The van der Waals surface area contributed by atoms with Crippen LogP contribution in [0, 0.1) is 0 Å². The van der Waals surface area contributed by atoms with Gasteiger partial charge in [-0.3, -0.25) is 4.98 Å². The number of aliphatic hydroxyl groups excluding tert-OH is 1. The first-order valence-electron chi connectivity index (χ1n) is 6.07. The van der Waals surface area contributed by atoms with E-state index in [0.29, 0.717) is 0 Å². The predicted molar refractivity (Wildman–Crippen MR) is 69.6 cm³/mol. The van der Waals surface area contributed by atoms with Gasteiger partial charge in [0.2, 0.25) is 0 Å². The van der Waals surface area contributed by atoms with Crippen LogP contribution in [0.15, 0.2) is 42.6 Å². The Morgan fingerprint density at radius 3 is 3.00 bits per heavy atom. The van der Waals surface area contributed by atoms with E-state index in [-0.39, 0.29) is 6.10 Å². The van der Waals surface area contributed by atoms with Crippen molar-refractivity contribution in [3.8, 4) is 0 Å². The van der Waals surface area contributed by atoms with Gasteiger partial charge in [-0.1, -0.05) is 24.3 Å². The zero-order valence-electron chi connectivity index (χ0n) is 9.63. The molecule has 1 heterocycles. The molecule has 1 unspecified atom stereocenters. The number of nitrogens with zero attached hydrogens (tertiary/aromatic N) is 1. The molecule has 2 heteroatoms. The molecule has 0 aliphatic heterocycles. The Kier molecular flexibility index (Phi) is 2.65. The van der Waals surface area contributed by atoms with Gasteiger partial charge in [-0.25, -0.2) is 0 Å².